The van der Waals surface area contributed by atoms with Crippen LogP contribution in [0.2, 0.25) is 0 Å². The van der Waals surface area contributed by atoms with E-state index in [0.717, 1.165) is 12.2 Å². The monoisotopic (exact) mass is 372 g/mol. The van der Waals surface area contributed by atoms with E-state index in [-0.39, 0.29) is 11.9 Å². The van der Waals surface area contributed by atoms with Crippen molar-refractivity contribution in [3.8, 4) is 0 Å². The van der Waals surface area contributed by atoms with E-state index in [4.69, 9.17) is 14.2 Å². The van der Waals surface area contributed by atoms with Crippen LogP contribution in [0.3, 0.4) is 0 Å². The van der Waals surface area contributed by atoms with Crippen LogP contribution in [0.4, 0.5) is 0 Å². The van der Waals surface area contributed by atoms with E-state index in [0.29, 0.717) is 52.6 Å². The highest BCUT2D eigenvalue weighted by molar-refractivity contribution is 5.81. The molecular weight excluding hydrogens is 340 g/mol. The van der Waals surface area contributed by atoms with E-state index in [9.17, 15) is 4.79 Å². The highest BCUT2D eigenvalue weighted by Gasteiger charge is 2.17. The van der Waals surface area contributed by atoms with Crippen LogP contribution in [0, 0.1) is 0 Å². The lowest BCUT2D eigenvalue weighted by molar-refractivity contribution is -0.122. The molecule has 0 saturated heterocycles. The van der Waals surface area contributed by atoms with Crippen molar-refractivity contribution in [1.82, 2.24) is 30.9 Å². The Bertz CT molecular complexity index is 485. The smallest absolute Gasteiger partial charge is 0.237 e. The van der Waals surface area contributed by atoms with E-state index < -0.39 is 0 Å². The molecule has 1 rings (SSSR count). The molecule has 150 valence electrons. The zero-order valence-corrected chi connectivity index (χ0v) is 16.0. The second-order valence-corrected chi connectivity index (χ2v) is 5.57. The average molecular weight is 372 g/mol. The zero-order chi connectivity index (χ0) is 19.0. The number of rotatable bonds is 16. The molecule has 1 aromatic rings. The van der Waals surface area contributed by atoms with Crippen molar-refractivity contribution in [3.05, 3.63) is 11.9 Å². The molecule has 0 aliphatic rings. The van der Waals surface area contributed by atoms with E-state index in [1.807, 2.05) is 13.2 Å². The molecule has 1 amide bonds. The Morgan fingerprint density at radius 2 is 1.73 bits per heavy atom. The van der Waals surface area contributed by atoms with Crippen molar-refractivity contribution in [2.75, 3.05) is 67.3 Å². The first kappa shape index (κ1) is 22.5. The fourth-order valence-corrected chi connectivity index (χ4v) is 2.12. The first-order valence-electron chi connectivity index (χ1n) is 8.87. The largest absolute Gasteiger partial charge is 0.378 e. The summed E-state index contributed by atoms with van der Waals surface area (Å²) < 4.78 is 18.0. The predicted octanol–water partition coefficient (Wildman–Crippen LogP) is -1.58. The van der Waals surface area contributed by atoms with Crippen LogP contribution in [0.1, 0.15) is 5.69 Å². The second-order valence-electron chi connectivity index (χ2n) is 5.57. The van der Waals surface area contributed by atoms with Gasteiger partial charge in [0.1, 0.15) is 0 Å². The summed E-state index contributed by atoms with van der Waals surface area (Å²) in [6, 6.07) is -0.319. The van der Waals surface area contributed by atoms with Crippen LogP contribution in [-0.2, 0) is 32.0 Å². The fraction of sp³-hybridized carbons (Fsp3) is 0.812. The minimum atomic E-state index is -0.319. The first-order valence-corrected chi connectivity index (χ1v) is 8.87. The molecule has 0 aliphatic heterocycles. The Morgan fingerprint density at radius 3 is 2.35 bits per heavy atom. The molecule has 0 fully saturated rings. The molecule has 1 aromatic heterocycles. The number of carbonyl (C=O) groups excluding carboxylic acids is 1. The lowest BCUT2D eigenvalue weighted by Gasteiger charge is -2.12. The highest BCUT2D eigenvalue weighted by Crippen LogP contribution is 1.99. The number of hydrogen-bond donors (Lipinski definition) is 3. The van der Waals surface area contributed by atoms with Crippen LogP contribution in [0.5, 0.6) is 0 Å². The maximum Gasteiger partial charge on any atom is 0.237 e. The molecule has 0 spiro atoms. The van der Waals surface area contributed by atoms with Gasteiger partial charge in [-0.1, -0.05) is 5.21 Å². The number of ether oxygens (including phenoxy) is 3. The van der Waals surface area contributed by atoms with E-state index in [2.05, 4.69) is 26.3 Å². The number of aromatic nitrogens is 3. The van der Waals surface area contributed by atoms with Crippen LogP contribution >= 0.6 is 0 Å². The summed E-state index contributed by atoms with van der Waals surface area (Å²) in [5.41, 5.74) is 0.759. The maximum atomic E-state index is 11.7. The van der Waals surface area contributed by atoms with Crippen molar-refractivity contribution in [2.24, 2.45) is 0 Å². The van der Waals surface area contributed by atoms with Crippen LogP contribution in [0.25, 0.3) is 0 Å². The van der Waals surface area contributed by atoms with Gasteiger partial charge in [-0.25, -0.2) is 4.68 Å². The summed E-state index contributed by atoms with van der Waals surface area (Å²) in [7, 11) is 5.25. The standard InChI is InChI=1S/C16H32N6O4/c1-17-4-6-24-8-10-26-11-9-25-7-5-22-13-14(20-21-22)12-15(18-2)16(23)19-3/h13,15,17-18H,4-12H2,1-3H3,(H,19,23). The summed E-state index contributed by atoms with van der Waals surface area (Å²) in [6.07, 6.45) is 2.32. The third-order valence-corrected chi connectivity index (χ3v) is 3.62. The van der Waals surface area contributed by atoms with Gasteiger partial charge in [0.15, 0.2) is 0 Å². The minimum Gasteiger partial charge on any atom is -0.378 e. The van der Waals surface area contributed by atoms with Gasteiger partial charge in [0.2, 0.25) is 5.91 Å². The SMILES string of the molecule is CNCCOCCOCCOCCn1cc(CC(NC)C(=O)NC)nn1. The number of nitrogens with one attached hydrogen (secondary N) is 3. The highest BCUT2D eigenvalue weighted by atomic mass is 16.5. The van der Waals surface area contributed by atoms with Gasteiger partial charge in [-0.15, -0.1) is 5.10 Å². The summed E-state index contributed by atoms with van der Waals surface area (Å²) in [5, 5.41) is 16.7. The third-order valence-electron chi connectivity index (χ3n) is 3.62. The molecule has 0 radical (unpaired) electrons. The Kier molecular flexibility index (Phi) is 12.6. The molecule has 10 nitrogen and oxygen atoms in total. The van der Waals surface area contributed by atoms with Crippen molar-refractivity contribution in [2.45, 2.75) is 19.0 Å². The van der Waals surface area contributed by atoms with E-state index in [1.54, 1.807) is 18.8 Å². The minimum absolute atomic E-state index is 0.0715. The Morgan fingerprint density at radius 1 is 1.08 bits per heavy atom. The van der Waals surface area contributed by atoms with Crippen molar-refractivity contribution < 1.29 is 19.0 Å². The quantitative estimate of drug-likeness (QED) is 0.298. The van der Waals surface area contributed by atoms with Crippen molar-refractivity contribution in [1.29, 1.82) is 0 Å². The van der Waals surface area contributed by atoms with Crippen molar-refractivity contribution in [3.63, 3.8) is 0 Å². The van der Waals surface area contributed by atoms with Crippen molar-refractivity contribution >= 4 is 5.91 Å². The molecule has 0 aromatic carbocycles. The Hall–Kier alpha value is -1.59. The number of nitrogens with zero attached hydrogens (tertiary/aromatic N) is 3. The van der Waals surface area contributed by atoms with Crippen LogP contribution in [-0.4, -0.2) is 94.3 Å². The van der Waals surface area contributed by atoms with Gasteiger partial charge in [0.05, 0.1) is 57.9 Å². The van der Waals surface area contributed by atoms with E-state index in [1.165, 1.54) is 0 Å². The lowest BCUT2D eigenvalue weighted by atomic mass is 10.1. The van der Waals surface area contributed by atoms with Gasteiger partial charge in [0.25, 0.3) is 0 Å². The molecule has 1 unspecified atom stereocenters. The Balaban J connectivity index is 2.06. The summed E-state index contributed by atoms with van der Waals surface area (Å²) in [6.45, 7) is 4.87. The second kappa shape index (κ2) is 14.6. The van der Waals surface area contributed by atoms with Gasteiger partial charge in [0, 0.05) is 26.2 Å². The van der Waals surface area contributed by atoms with Gasteiger partial charge >= 0.3 is 0 Å². The topological polar surface area (TPSA) is 112 Å². The van der Waals surface area contributed by atoms with Gasteiger partial charge in [-0.05, 0) is 14.1 Å². The number of likely N-dealkylation sites (N-methyl/N-ethyl adjacent to an activating group) is 3. The predicted molar refractivity (Wildman–Crippen MR) is 97.0 cm³/mol. The molecule has 10 heteroatoms. The lowest BCUT2D eigenvalue weighted by Crippen LogP contribution is -2.42. The summed E-state index contributed by atoms with van der Waals surface area (Å²) in [5.74, 6) is -0.0715. The third kappa shape index (κ3) is 9.78. The zero-order valence-electron chi connectivity index (χ0n) is 16.0. The molecule has 3 N–H and O–H groups in total. The molecule has 1 atom stereocenters. The molecule has 26 heavy (non-hydrogen) atoms. The van der Waals surface area contributed by atoms with Gasteiger partial charge < -0.3 is 30.2 Å². The van der Waals surface area contributed by atoms with E-state index >= 15 is 0 Å². The van der Waals surface area contributed by atoms with Crippen LogP contribution < -0.4 is 16.0 Å². The maximum absolute atomic E-state index is 11.7. The van der Waals surface area contributed by atoms with Crippen LogP contribution in [0.15, 0.2) is 6.20 Å². The number of carbonyl (C=O) groups is 1. The number of hydrogen-bond acceptors (Lipinski definition) is 8. The Labute approximate surface area is 154 Å². The summed E-state index contributed by atoms with van der Waals surface area (Å²) >= 11 is 0. The molecule has 1 heterocycles. The number of amides is 1. The van der Waals surface area contributed by atoms with Gasteiger partial charge in [-0.2, -0.15) is 0 Å². The average Bonchev–Trinajstić information content (AvgIpc) is 3.11. The van der Waals surface area contributed by atoms with Gasteiger partial charge in [-0.3, -0.25) is 4.79 Å². The first-order chi connectivity index (χ1) is 12.7. The molecule has 0 aliphatic carbocycles. The summed E-state index contributed by atoms with van der Waals surface area (Å²) in [4.78, 5) is 11.7. The fourth-order valence-electron chi connectivity index (χ4n) is 2.12. The molecular formula is C16H32N6O4. The molecule has 0 bridgehead atoms. The molecule has 0 saturated carbocycles. The normalized spacial score (nSPS) is 12.3.